The first-order chi connectivity index (χ1) is 14.6. The lowest BCUT2D eigenvalue weighted by molar-refractivity contribution is 0.0419. The first-order valence-electron chi connectivity index (χ1n) is 10.4. The summed E-state index contributed by atoms with van der Waals surface area (Å²) >= 11 is 0. The molecule has 5 rings (SSSR count). The molecule has 3 aromatic rings. The Morgan fingerprint density at radius 2 is 1.93 bits per heavy atom. The van der Waals surface area contributed by atoms with Gasteiger partial charge in [0.25, 0.3) is 0 Å². The number of halogens is 1. The summed E-state index contributed by atoms with van der Waals surface area (Å²) in [5.74, 6) is 0.0162. The van der Waals surface area contributed by atoms with Crippen LogP contribution in [0.15, 0.2) is 56.8 Å². The summed E-state index contributed by atoms with van der Waals surface area (Å²) in [7, 11) is 0. The van der Waals surface area contributed by atoms with E-state index in [1.165, 1.54) is 5.56 Å². The van der Waals surface area contributed by atoms with Crippen molar-refractivity contribution in [1.29, 1.82) is 0 Å². The zero-order chi connectivity index (χ0) is 20.5. The molecule has 0 bridgehead atoms. The molecule has 1 N–H and O–H groups in total. The van der Waals surface area contributed by atoms with E-state index >= 15 is 0 Å². The molecule has 2 aliphatic heterocycles. The van der Waals surface area contributed by atoms with Crippen molar-refractivity contribution in [1.82, 2.24) is 9.88 Å². The van der Waals surface area contributed by atoms with Gasteiger partial charge in [0.15, 0.2) is 5.58 Å². The van der Waals surface area contributed by atoms with Crippen molar-refractivity contribution >= 4 is 16.8 Å². The van der Waals surface area contributed by atoms with E-state index in [9.17, 15) is 9.18 Å². The standard InChI is InChI=1S/C23H24FN3O3/c24-18-4-1-15(2-5-18)11-16-7-9-27(10-8-16)14-19-13-21(26-30-19)17-3-6-20-22(12-17)29-23(28)25-20/h1-6,12,16,19H,7-11,13-14H2,(H,25,28)/t19-/m0/s1. The van der Waals surface area contributed by atoms with Crippen molar-refractivity contribution in [2.24, 2.45) is 11.1 Å². The Hall–Kier alpha value is -2.93. The van der Waals surface area contributed by atoms with Crippen LogP contribution >= 0.6 is 0 Å². The van der Waals surface area contributed by atoms with E-state index in [4.69, 9.17) is 9.25 Å². The Balaban J connectivity index is 1.12. The second-order valence-electron chi connectivity index (χ2n) is 8.27. The highest BCUT2D eigenvalue weighted by Gasteiger charge is 2.27. The maximum Gasteiger partial charge on any atom is 0.417 e. The minimum absolute atomic E-state index is 0.0441. The Bertz CT molecular complexity index is 1110. The van der Waals surface area contributed by atoms with Crippen LogP contribution in [-0.4, -0.2) is 41.3 Å². The number of nitrogens with one attached hydrogen (secondary N) is 1. The molecule has 2 aliphatic rings. The van der Waals surface area contributed by atoms with Crippen LogP contribution in [0, 0.1) is 11.7 Å². The van der Waals surface area contributed by atoms with Crippen molar-refractivity contribution < 1.29 is 13.6 Å². The van der Waals surface area contributed by atoms with E-state index in [0.29, 0.717) is 17.0 Å². The molecule has 6 nitrogen and oxygen atoms in total. The lowest BCUT2D eigenvalue weighted by Crippen LogP contribution is -2.39. The van der Waals surface area contributed by atoms with Gasteiger partial charge in [0.1, 0.15) is 11.9 Å². The number of aromatic amines is 1. The van der Waals surface area contributed by atoms with E-state index in [1.807, 2.05) is 30.3 Å². The summed E-state index contributed by atoms with van der Waals surface area (Å²) in [6.45, 7) is 2.95. The topological polar surface area (TPSA) is 70.8 Å². The molecule has 0 spiro atoms. The summed E-state index contributed by atoms with van der Waals surface area (Å²) < 4.78 is 18.2. The molecule has 3 heterocycles. The van der Waals surface area contributed by atoms with Gasteiger partial charge in [0, 0.05) is 18.5 Å². The van der Waals surface area contributed by atoms with Crippen molar-refractivity contribution in [2.45, 2.75) is 31.8 Å². The first-order valence-corrected chi connectivity index (χ1v) is 10.4. The fraction of sp³-hybridized carbons (Fsp3) is 0.391. The third-order valence-electron chi connectivity index (χ3n) is 6.09. The highest BCUT2D eigenvalue weighted by molar-refractivity contribution is 6.03. The van der Waals surface area contributed by atoms with Gasteiger partial charge in [-0.05, 0) is 68.1 Å². The number of piperidine rings is 1. The quantitative estimate of drug-likeness (QED) is 0.697. The molecule has 0 amide bonds. The Kier molecular flexibility index (Phi) is 5.12. The maximum atomic E-state index is 13.1. The number of likely N-dealkylation sites (tertiary alicyclic amines) is 1. The van der Waals surface area contributed by atoms with E-state index in [-0.39, 0.29) is 11.9 Å². The van der Waals surface area contributed by atoms with E-state index < -0.39 is 5.76 Å². The number of hydrogen-bond donors (Lipinski definition) is 1. The molecule has 1 atom stereocenters. The molecule has 7 heteroatoms. The number of hydrogen-bond acceptors (Lipinski definition) is 5. The van der Waals surface area contributed by atoms with Gasteiger partial charge in [0.05, 0.1) is 11.2 Å². The highest BCUT2D eigenvalue weighted by Crippen LogP contribution is 2.25. The highest BCUT2D eigenvalue weighted by atomic mass is 19.1. The van der Waals surface area contributed by atoms with Gasteiger partial charge < -0.3 is 9.25 Å². The molecule has 0 saturated carbocycles. The van der Waals surface area contributed by atoms with Crippen LogP contribution in [0.3, 0.4) is 0 Å². The molecule has 0 unspecified atom stereocenters. The van der Waals surface area contributed by atoms with Gasteiger partial charge in [-0.3, -0.25) is 9.88 Å². The first kappa shape index (κ1) is 19.1. The Morgan fingerprint density at radius 3 is 2.73 bits per heavy atom. The predicted molar refractivity (Wildman–Crippen MR) is 112 cm³/mol. The van der Waals surface area contributed by atoms with Crippen LogP contribution in [-0.2, 0) is 11.3 Å². The number of rotatable bonds is 5. The average molecular weight is 409 g/mol. The van der Waals surface area contributed by atoms with Crippen LogP contribution in [0.4, 0.5) is 4.39 Å². The van der Waals surface area contributed by atoms with Crippen molar-refractivity contribution in [3.05, 3.63) is 70.0 Å². The van der Waals surface area contributed by atoms with E-state index in [0.717, 1.165) is 56.6 Å². The number of aromatic nitrogens is 1. The Morgan fingerprint density at radius 1 is 1.13 bits per heavy atom. The summed E-state index contributed by atoms with van der Waals surface area (Å²) in [5.41, 5.74) is 4.24. The minimum Gasteiger partial charge on any atom is -0.408 e. The zero-order valence-corrected chi connectivity index (χ0v) is 16.6. The SMILES string of the molecule is O=c1[nH]c2ccc(C3=NO[C@H](CN4CCC(Cc5ccc(F)cc5)CC4)C3)cc2o1. The van der Waals surface area contributed by atoms with Crippen molar-refractivity contribution in [2.75, 3.05) is 19.6 Å². The monoisotopic (exact) mass is 409 g/mol. The second-order valence-corrected chi connectivity index (χ2v) is 8.27. The maximum absolute atomic E-state index is 13.1. The molecule has 156 valence electrons. The smallest absolute Gasteiger partial charge is 0.408 e. The number of nitrogens with zero attached hydrogens (tertiary/aromatic N) is 2. The van der Waals surface area contributed by atoms with Gasteiger partial charge in [-0.1, -0.05) is 23.4 Å². The fourth-order valence-corrected chi connectivity index (χ4v) is 4.44. The van der Waals surface area contributed by atoms with Crippen molar-refractivity contribution in [3.8, 4) is 0 Å². The van der Waals surface area contributed by atoms with Gasteiger partial charge in [-0.15, -0.1) is 0 Å². The summed E-state index contributed by atoms with van der Waals surface area (Å²) in [4.78, 5) is 22.1. The zero-order valence-electron chi connectivity index (χ0n) is 16.6. The molecule has 1 saturated heterocycles. The normalized spacial score (nSPS) is 20.4. The number of H-pyrrole nitrogens is 1. The van der Waals surface area contributed by atoms with Crippen LogP contribution in [0.25, 0.3) is 11.1 Å². The number of oxazole rings is 1. The second kappa shape index (κ2) is 8.07. The molecule has 0 radical (unpaired) electrons. The molecule has 0 aliphatic carbocycles. The molecule has 2 aromatic carbocycles. The molecule has 1 aromatic heterocycles. The predicted octanol–water partition coefficient (Wildman–Crippen LogP) is 3.71. The van der Waals surface area contributed by atoms with Gasteiger partial charge in [-0.2, -0.15) is 0 Å². The third-order valence-corrected chi connectivity index (χ3v) is 6.09. The molecular formula is C23H24FN3O3. The summed E-state index contributed by atoms with van der Waals surface area (Å²) in [6.07, 6.45) is 4.08. The van der Waals surface area contributed by atoms with Crippen LogP contribution in [0.1, 0.15) is 30.4 Å². The van der Waals surface area contributed by atoms with Gasteiger partial charge in [-0.25, -0.2) is 9.18 Å². The fourth-order valence-electron chi connectivity index (χ4n) is 4.44. The summed E-state index contributed by atoms with van der Waals surface area (Å²) in [5, 5.41) is 4.27. The summed E-state index contributed by atoms with van der Waals surface area (Å²) in [6, 6.07) is 12.5. The lowest BCUT2D eigenvalue weighted by Gasteiger charge is -2.33. The minimum atomic E-state index is -0.451. The van der Waals surface area contributed by atoms with Crippen LogP contribution < -0.4 is 5.76 Å². The molecule has 30 heavy (non-hydrogen) atoms. The largest absolute Gasteiger partial charge is 0.417 e. The Labute approximate surface area is 173 Å². The number of benzene rings is 2. The van der Waals surface area contributed by atoms with Crippen molar-refractivity contribution in [3.63, 3.8) is 0 Å². The van der Waals surface area contributed by atoms with E-state index in [2.05, 4.69) is 15.0 Å². The van der Waals surface area contributed by atoms with Crippen LogP contribution in [0.5, 0.6) is 0 Å². The number of fused-ring (bicyclic) bond motifs is 1. The van der Waals surface area contributed by atoms with E-state index in [1.54, 1.807) is 12.1 Å². The average Bonchev–Trinajstić information content (AvgIpc) is 3.36. The third kappa shape index (κ3) is 4.16. The van der Waals surface area contributed by atoms with Gasteiger partial charge >= 0.3 is 5.76 Å². The van der Waals surface area contributed by atoms with Gasteiger partial charge in [0.2, 0.25) is 0 Å². The number of oxime groups is 1. The van der Waals surface area contributed by atoms with Crippen LogP contribution in [0.2, 0.25) is 0 Å². The molecule has 1 fully saturated rings. The molecular weight excluding hydrogens is 385 g/mol. The lowest BCUT2D eigenvalue weighted by atomic mass is 9.90.